The molecule has 0 fully saturated rings. The summed E-state index contributed by atoms with van der Waals surface area (Å²) < 4.78 is 11.0. The first-order chi connectivity index (χ1) is 10.2. The van der Waals surface area contributed by atoms with E-state index in [9.17, 15) is 4.79 Å². The highest BCUT2D eigenvalue weighted by atomic mass is 16.5. The van der Waals surface area contributed by atoms with Crippen LogP contribution in [0.1, 0.15) is 35.7 Å². The first-order valence-electron chi connectivity index (χ1n) is 7.07. The van der Waals surface area contributed by atoms with Gasteiger partial charge in [0.1, 0.15) is 11.3 Å². The van der Waals surface area contributed by atoms with Gasteiger partial charge in [-0.25, -0.2) is 4.79 Å². The average molecular weight is 285 g/mol. The van der Waals surface area contributed by atoms with E-state index >= 15 is 0 Å². The largest absolute Gasteiger partial charge is 0.491 e. The Kier molecular flexibility index (Phi) is 5.32. The van der Waals surface area contributed by atoms with Gasteiger partial charge in [0.25, 0.3) is 0 Å². The number of benzene rings is 1. The Labute approximate surface area is 124 Å². The lowest BCUT2D eigenvalue weighted by Gasteiger charge is -2.12. The van der Waals surface area contributed by atoms with Crippen LogP contribution in [-0.2, 0) is 0 Å². The van der Waals surface area contributed by atoms with E-state index in [0.29, 0.717) is 23.7 Å². The number of ether oxygens (including phenoxy) is 2. The number of para-hydroxylation sites is 1. The lowest BCUT2D eigenvalue weighted by Crippen LogP contribution is -2.13. The standard InChI is InChI=1S/C17H19NO3/c1-3-4-10-20-15-12-18-11-13(2)16(15)17(19)21-14-8-6-5-7-9-14/h5-9,11-12H,3-4,10H2,1-2H3. The molecule has 0 atom stereocenters. The fourth-order valence-corrected chi connectivity index (χ4v) is 1.88. The van der Waals surface area contributed by atoms with Gasteiger partial charge in [-0.15, -0.1) is 0 Å². The Morgan fingerprint density at radius 3 is 2.67 bits per heavy atom. The summed E-state index contributed by atoms with van der Waals surface area (Å²) >= 11 is 0. The number of aromatic nitrogens is 1. The van der Waals surface area contributed by atoms with Crippen LogP contribution in [-0.4, -0.2) is 17.6 Å². The Morgan fingerprint density at radius 2 is 1.95 bits per heavy atom. The van der Waals surface area contributed by atoms with Gasteiger partial charge in [-0.1, -0.05) is 31.5 Å². The van der Waals surface area contributed by atoms with Crippen molar-refractivity contribution in [2.24, 2.45) is 0 Å². The van der Waals surface area contributed by atoms with Gasteiger partial charge in [0.15, 0.2) is 5.75 Å². The van der Waals surface area contributed by atoms with E-state index in [0.717, 1.165) is 18.4 Å². The van der Waals surface area contributed by atoms with Crippen LogP contribution in [0, 0.1) is 6.92 Å². The van der Waals surface area contributed by atoms with Crippen molar-refractivity contribution < 1.29 is 14.3 Å². The number of unbranched alkanes of at least 4 members (excludes halogenated alkanes) is 1. The van der Waals surface area contributed by atoms with E-state index in [1.165, 1.54) is 0 Å². The first kappa shape index (κ1) is 15.0. The summed E-state index contributed by atoms with van der Waals surface area (Å²) in [4.78, 5) is 16.4. The molecule has 0 aliphatic carbocycles. The van der Waals surface area contributed by atoms with Crippen molar-refractivity contribution in [2.45, 2.75) is 26.7 Å². The van der Waals surface area contributed by atoms with Gasteiger partial charge in [0.2, 0.25) is 0 Å². The zero-order valence-electron chi connectivity index (χ0n) is 12.3. The summed E-state index contributed by atoms with van der Waals surface area (Å²) in [5, 5.41) is 0. The molecule has 0 bridgehead atoms. The van der Waals surface area contributed by atoms with Gasteiger partial charge in [0.05, 0.1) is 12.8 Å². The Morgan fingerprint density at radius 1 is 1.19 bits per heavy atom. The minimum absolute atomic E-state index is 0.424. The van der Waals surface area contributed by atoms with Crippen molar-refractivity contribution in [2.75, 3.05) is 6.61 Å². The van der Waals surface area contributed by atoms with Crippen molar-refractivity contribution >= 4 is 5.97 Å². The summed E-state index contributed by atoms with van der Waals surface area (Å²) in [5.74, 6) is 0.565. The second kappa shape index (κ2) is 7.43. The van der Waals surface area contributed by atoms with Crippen LogP contribution >= 0.6 is 0 Å². The van der Waals surface area contributed by atoms with E-state index < -0.39 is 5.97 Å². The van der Waals surface area contributed by atoms with Crippen LogP contribution in [0.25, 0.3) is 0 Å². The Hall–Kier alpha value is -2.36. The normalized spacial score (nSPS) is 10.2. The second-order valence-corrected chi connectivity index (χ2v) is 4.73. The maximum absolute atomic E-state index is 12.4. The number of hydrogen-bond donors (Lipinski definition) is 0. The molecular weight excluding hydrogens is 266 g/mol. The lowest BCUT2D eigenvalue weighted by molar-refractivity contribution is 0.0729. The van der Waals surface area contributed by atoms with Gasteiger partial charge < -0.3 is 9.47 Å². The Bertz CT molecular complexity index is 596. The second-order valence-electron chi connectivity index (χ2n) is 4.73. The molecule has 110 valence electrons. The molecule has 0 saturated carbocycles. The van der Waals surface area contributed by atoms with Crippen molar-refractivity contribution in [3.8, 4) is 11.5 Å². The molecule has 21 heavy (non-hydrogen) atoms. The van der Waals surface area contributed by atoms with Crippen molar-refractivity contribution in [1.82, 2.24) is 4.98 Å². The average Bonchev–Trinajstić information content (AvgIpc) is 2.48. The number of hydrogen-bond acceptors (Lipinski definition) is 4. The Balaban J connectivity index is 2.19. The van der Waals surface area contributed by atoms with Crippen molar-refractivity contribution in [1.29, 1.82) is 0 Å². The van der Waals surface area contributed by atoms with E-state index in [1.54, 1.807) is 24.5 Å². The van der Waals surface area contributed by atoms with Crippen LogP contribution in [0.5, 0.6) is 11.5 Å². The number of carbonyl (C=O) groups is 1. The van der Waals surface area contributed by atoms with Crippen molar-refractivity contribution in [3.63, 3.8) is 0 Å². The minimum Gasteiger partial charge on any atom is -0.491 e. The maximum atomic E-state index is 12.4. The zero-order valence-corrected chi connectivity index (χ0v) is 12.3. The summed E-state index contributed by atoms with van der Waals surface area (Å²) in [5.41, 5.74) is 1.18. The molecule has 0 amide bonds. The fourth-order valence-electron chi connectivity index (χ4n) is 1.88. The molecule has 0 radical (unpaired) electrons. The number of nitrogens with zero attached hydrogens (tertiary/aromatic N) is 1. The smallest absolute Gasteiger partial charge is 0.347 e. The molecule has 4 heteroatoms. The highest BCUT2D eigenvalue weighted by molar-refractivity contribution is 5.95. The molecule has 0 saturated heterocycles. The topological polar surface area (TPSA) is 48.4 Å². The van der Waals surface area contributed by atoms with Gasteiger partial charge in [-0.2, -0.15) is 0 Å². The molecule has 2 aromatic rings. The molecule has 0 aliphatic rings. The lowest BCUT2D eigenvalue weighted by atomic mass is 10.1. The third kappa shape index (κ3) is 4.05. The molecule has 1 heterocycles. The molecule has 0 N–H and O–H groups in total. The molecule has 2 rings (SSSR count). The highest BCUT2D eigenvalue weighted by Gasteiger charge is 2.18. The van der Waals surface area contributed by atoms with Gasteiger partial charge in [-0.3, -0.25) is 4.98 Å². The molecule has 4 nitrogen and oxygen atoms in total. The van der Waals surface area contributed by atoms with Crippen LogP contribution in [0.2, 0.25) is 0 Å². The maximum Gasteiger partial charge on any atom is 0.347 e. The number of esters is 1. The minimum atomic E-state index is -0.424. The predicted octanol–water partition coefficient (Wildman–Crippen LogP) is 3.79. The van der Waals surface area contributed by atoms with E-state index in [-0.39, 0.29) is 0 Å². The van der Waals surface area contributed by atoms with E-state index in [4.69, 9.17) is 9.47 Å². The first-order valence-corrected chi connectivity index (χ1v) is 7.07. The van der Waals surface area contributed by atoms with Gasteiger partial charge in [0, 0.05) is 6.20 Å². The van der Waals surface area contributed by atoms with E-state index in [1.807, 2.05) is 25.1 Å². The fraction of sp³-hybridized carbons (Fsp3) is 0.294. The number of aryl methyl sites for hydroxylation is 1. The van der Waals surface area contributed by atoms with Crippen LogP contribution in [0.15, 0.2) is 42.7 Å². The summed E-state index contributed by atoms with van der Waals surface area (Å²) in [6, 6.07) is 8.99. The van der Waals surface area contributed by atoms with Crippen LogP contribution in [0.4, 0.5) is 0 Å². The predicted molar refractivity (Wildman–Crippen MR) is 80.8 cm³/mol. The molecule has 1 aromatic heterocycles. The number of carbonyl (C=O) groups excluding carboxylic acids is 1. The highest BCUT2D eigenvalue weighted by Crippen LogP contribution is 2.23. The molecule has 1 aromatic carbocycles. The third-order valence-corrected chi connectivity index (χ3v) is 3.01. The molecule has 0 aliphatic heterocycles. The number of pyridine rings is 1. The zero-order chi connectivity index (χ0) is 15.1. The number of rotatable bonds is 6. The monoisotopic (exact) mass is 285 g/mol. The third-order valence-electron chi connectivity index (χ3n) is 3.01. The molecule has 0 spiro atoms. The SMILES string of the molecule is CCCCOc1cncc(C)c1C(=O)Oc1ccccc1. The summed E-state index contributed by atoms with van der Waals surface area (Å²) in [7, 11) is 0. The molecular formula is C17H19NO3. The van der Waals surface area contributed by atoms with Crippen LogP contribution in [0.3, 0.4) is 0 Å². The summed E-state index contributed by atoms with van der Waals surface area (Å²) in [6.45, 7) is 4.47. The van der Waals surface area contributed by atoms with Gasteiger partial charge in [-0.05, 0) is 31.0 Å². The van der Waals surface area contributed by atoms with Crippen LogP contribution < -0.4 is 9.47 Å². The van der Waals surface area contributed by atoms with Crippen molar-refractivity contribution in [3.05, 3.63) is 53.9 Å². The quantitative estimate of drug-likeness (QED) is 0.460. The van der Waals surface area contributed by atoms with Gasteiger partial charge >= 0.3 is 5.97 Å². The summed E-state index contributed by atoms with van der Waals surface area (Å²) in [6.07, 6.45) is 5.16. The molecule has 0 unspecified atom stereocenters. The van der Waals surface area contributed by atoms with E-state index in [2.05, 4.69) is 11.9 Å².